The molecule has 0 aromatic carbocycles. The molecule has 2 aliphatic rings. The summed E-state index contributed by atoms with van der Waals surface area (Å²) in [4.78, 5) is 0. The van der Waals surface area contributed by atoms with Crippen molar-refractivity contribution in [1.29, 1.82) is 0 Å². The Kier molecular flexibility index (Phi) is 2.89. The van der Waals surface area contributed by atoms with Gasteiger partial charge in [-0.25, -0.2) is 0 Å². The number of thioether (sulfide) groups is 1. The fourth-order valence-electron chi connectivity index (χ4n) is 2.86. The van der Waals surface area contributed by atoms with Gasteiger partial charge < -0.3 is 9.47 Å². The van der Waals surface area contributed by atoms with Crippen molar-refractivity contribution in [2.24, 2.45) is 0 Å². The van der Waals surface area contributed by atoms with Crippen molar-refractivity contribution in [2.45, 2.75) is 37.1 Å². The highest BCUT2D eigenvalue weighted by atomic mass is 79.9. The van der Waals surface area contributed by atoms with Crippen LogP contribution in [0, 0.1) is 0 Å². The van der Waals surface area contributed by atoms with Gasteiger partial charge in [-0.15, -0.1) is 22.0 Å². The molecule has 4 heterocycles. The van der Waals surface area contributed by atoms with E-state index >= 15 is 0 Å². The summed E-state index contributed by atoms with van der Waals surface area (Å²) in [6, 6.07) is 3.95. The van der Waals surface area contributed by atoms with Crippen LogP contribution in [0.2, 0.25) is 0 Å². The minimum absolute atomic E-state index is 0.0429. The van der Waals surface area contributed by atoms with Gasteiger partial charge in [-0.05, 0) is 41.9 Å². The van der Waals surface area contributed by atoms with E-state index in [2.05, 4.69) is 26.1 Å². The Morgan fingerprint density at radius 2 is 2.25 bits per heavy atom. The molecular weight excluding hydrogens is 342 g/mol. The van der Waals surface area contributed by atoms with Gasteiger partial charge in [0, 0.05) is 11.9 Å². The maximum absolute atomic E-state index is 6.05. The maximum atomic E-state index is 6.05. The van der Waals surface area contributed by atoms with Crippen molar-refractivity contribution in [2.75, 3.05) is 5.75 Å². The van der Waals surface area contributed by atoms with Gasteiger partial charge in [0.05, 0.1) is 15.8 Å². The van der Waals surface area contributed by atoms with E-state index in [1.54, 1.807) is 0 Å². The van der Waals surface area contributed by atoms with Gasteiger partial charge in [-0.3, -0.25) is 4.40 Å². The Hall–Kier alpha value is -0.630. The second-order valence-corrected chi connectivity index (χ2v) is 7.53. The summed E-state index contributed by atoms with van der Waals surface area (Å²) in [5, 5.41) is 8.80. The van der Waals surface area contributed by atoms with Crippen LogP contribution in [0.1, 0.15) is 24.9 Å². The van der Waals surface area contributed by atoms with E-state index in [1.807, 2.05) is 48.3 Å². The average molecular weight is 356 g/mol. The Balaban J connectivity index is 1.75. The van der Waals surface area contributed by atoms with E-state index in [0.29, 0.717) is 0 Å². The van der Waals surface area contributed by atoms with Crippen molar-refractivity contribution < 1.29 is 9.47 Å². The van der Waals surface area contributed by atoms with Crippen molar-refractivity contribution in [3.8, 4) is 0 Å². The lowest BCUT2D eigenvalue weighted by Gasteiger charge is -2.20. The number of pyridine rings is 1. The van der Waals surface area contributed by atoms with Crippen LogP contribution in [0.4, 0.5) is 0 Å². The Labute approximate surface area is 129 Å². The molecule has 7 heteroatoms. The molecule has 2 fully saturated rings. The quantitative estimate of drug-likeness (QED) is 0.787. The lowest BCUT2D eigenvalue weighted by Crippen LogP contribution is -2.24. The SMILES string of the molecule is CC1(C)O[C@@H]2[C@@H](CS[C@H]2c2nnc3c(Br)cccn23)O1. The zero-order valence-electron chi connectivity index (χ0n) is 11.1. The molecule has 2 aromatic heterocycles. The standard InChI is InChI=1S/C13H14BrN3O2S/c1-13(2)18-8-6-20-10(9(8)19-13)12-16-15-11-7(14)4-3-5-17(11)12/h3-5,8-10H,6H2,1-2H3/t8-,9-,10-/m1/s1. The van der Waals surface area contributed by atoms with Gasteiger partial charge in [0.1, 0.15) is 6.10 Å². The van der Waals surface area contributed by atoms with Crippen molar-refractivity contribution in [3.63, 3.8) is 0 Å². The molecule has 5 nitrogen and oxygen atoms in total. The van der Waals surface area contributed by atoms with Crippen LogP contribution in [0.15, 0.2) is 22.8 Å². The molecule has 0 N–H and O–H groups in total. The number of fused-ring (bicyclic) bond motifs is 2. The van der Waals surface area contributed by atoms with Crippen LogP contribution in [-0.4, -0.2) is 38.3 Å². The first kappa shape index (κ1) is 13.1. The van der Waals surface area contributed by atoms with Crippen molar-refractivity contribution in [1.82, 2.24) is 14.6 Å². The van der Waals surface area contributed by atoms with Crippen LogP contribution in [0.5, 0.6) is 0 Å². The first-order chi connectivity index (χ1) is 9.55. The summed E-state index contributed by atoms with van der Waals surface area (Å²) in [6.07, 6.45) is 2.17. The van der Waals surface area contributed by atoms with Crippen molar-refractivity contribution >= 4 is 33.3 Å². The van der Waals surface area contributed by atoms with Gasteiger partial charge in [-0.1, -0.05) is 0 Å². The predicted molar refractivity (Wildman–Crippen MR) is 79.7 cm³/mol. The predicted octanol–water partition coefficient (Wildman–Crippen LogP) is 2.80. The summed E-state index contributed by atoms with van der Waals surface area (Å²) in [5.41, 5.74) is 0.838. The molecule has 2 saturated heterocycles. The van der Waals surface area contributed by atoms with Crippen LogP contribution in [-0.2, 0) is 9.47 Å². The van der Waals surface area contributed by atoms with Gasteiger partial charge in [0.15, 0.2) is 17.3 Å². The number of hydrogen-bond acceptors (Lipinski definition) is 5. The third kappa shape index (κ3) is 1.91. The number of ether oxygens (including phenoxy) is 2. The fraction of sp³-hybridized carbons (Fsp3) is 0.538. The highest BCUT2D eigenvalue weighted by molar-refractivity contribution is 9.10. The number of nitrogens with zero attached hydrogens (tertiary/aromatic N) is 3. The largest absolute Gasteiger partial charge is 0.344 e. The maximum Gasteiger partial charge on any atom is 0.175 e. The zero-order valence-corrected chi connectivity index (χ0v) is 13.5. The molecule has 0 bridgehead atoms. The van der Waals surface area contributed by atoms with Crippen LogP contribution in [0.3, 0.4) is 0 Å². The summed E-state index contributed by atoms with van der Waals surface area (Å²) < 4.78 is 15.0. The van der Waals surface area contributed by atoms with E-state index in [-0.39, 0.29) is 17.5 Å². The molecule has 20 heavy (non-hydrogen) atoms. The first-order valence-electron chi connectivity index (χ1n) is 6.51. The van der Waals surface area contributed by atoms with E-state index in [4.69, 9.17) is 9.47 Å². The molecule has 0 amide bonds. The van der Waals surface area contributed by atoms with Crippen molar-refractivity contribution in [3.05, 3.63) is 28.6 Å². The number of hydrogen-bond donors (Lipinski definition) is 0. The summed E-state index contributed by atoms with van der Waals surface area (Å²) >= 11 is 5.33. The Morgan fingerprint density at radius 1 is 1.40 bits per heavy atom. The lowest BCUT2D eigenvalue weighted by molar-refractivity contribution is -0.145. The molecule has 3 atom stereocenters. The number of aromatic nitrogens is 3. The van der Waals surface area contributed by atoms with E-state index in [0.717, 1.165) is 21.7 Å². The average Bonchev–Trinajstić information content (AvgIpc) is 3.01. The smallest absolute Gasteiger partial charge is 0.175 e. The molecule has 2 aromatic rings. The van der Waals surface area contributed by atoms with Crippen LogP contribution >= 0.6 is 27.7 Å². The summed E-state index contributed by atoms with van der Waals surface area (Å²) in [5.74, 6) is 1.36. The molecule has 0 spiro atoms. The molecule has 106 valence electrons. The molecule has 0 aliphatic carbocycles. The van der Waals surface area contributed by atoms with Gasteiger partial charge >= 0.3 is 0 Å². The first-order valence-corrected chi connectivity index (χ1v) is 8.36. The number of halogens is 1. The molecule has 0 unspecified atom stereocenters. The minimum atomic E-state index is -0.504. The monoisotopic (exact) mass is 355 g/mol. The molecule has 4 rings (SSSR count). The highest BCUT2D eigenvalue weighted by Crippen LogP contribution is 2.48. The molecular formula is C13H14BrN3O2S. The molecule has 0 radical (unpaired) electrons. The lowest BCUT2D eigenvalue weighted by atomic mass is 10.1. The van der Waals surface area contributed by atoms with E-state index in [1.165, 1.54) is 0 Å². The summed E-state index contributed by atoms with van der Waals surface area (Å²) in [7, 11) is 0. The van der Waals surface area contributed by atoms with Crippen LogP contribution in [0.25, 0.3) is 5.65 Å². The highest BCUT2D eigenvalue weighted by Gasteiger charge is 2.51. The Morgan fingerprint density at radius 3 is 3.10 bits per heavy atom. The number of rotatable bonds is 1. The molecule has 2 aliphatic heterocycles. The van der Waals surface area contributed by atoms with Gasteiger partial charge in [-0.2, -0.15) is 0 Å². The Bertz CT molecular complexity index is 675. The fourth-order valence-corrected chi connectivity index (χ4v) is 4.67. The third-order valence-electron chi connectivity index (χ3n) is 3.63. The van der Waals surface area contributed by atoms with E-state index in [9.17, 15) is 0 Å². The molecule has 0 saturated carbocycles. The minimum Gasteiger partial charge on any atom is -0.344 e. The normalized spacial score (nSPS) is 31.9. The topological polar surface area (TPSA) is 48.7 Å². The summed E-state index contributed by atoms with van der Waals surface area (Å²) in [6.45, 7) is 3.93. The van der Waals surface area contributed by atoms with E-state index < -0.39 is 5.79 Å². The van der Waals surface area contributed by atoms with Crippen LogP contribution < -0.4 is 0 Å². The third-order valence-corrected chi connectivity index (χ3v) is 5.61. The second kappa shape index (κ2) is 4.43. The van der Waals surface area contributed by atoms with Gasteiger partial charge in [0.25, 0.3) is 0 Å². The zero-order chi connectivity index (χ0) is 13.9. The van der Waals surface area contributed by atoms with Gasteiger partial charge in [0.2, 0.25) is 0 Å². The second-order valence-electron chi connectivity index (χ2n) is 5.50.